The van der Waals surface area contributed by atoms with Crippen LogP contribution in [0.25, 0.3) is 6.08 Å². The first-order valence-corrected chi connectivity index (χ1v) is 13.0. The van der Waals surface area contributed by atoms with Gasteiger partial charge < -0.3 is 10.2 Å². The Bertz CT molecular complexity index is 725. The molecule has 0 aromatic heterocycles. The van der Waals surface area contributed by atoms with Gasteiger partial charge in [0.15, 0.2) is 0 Å². The zero-order valence-electron chi connectivity index (χ0n) is 18.5. The van der Waals surface area contributed by atoms with E-state index in [9.17, 15) is 18.6 Å². The predicted molar refractivity (Wildman–Crippen MR) is 124 cm³/mol. The summed E-state index contributed by atoms with van der Waals surface area (Å²) < 4.78 is 31.2. The first-order chi connectivity index (χ1) is 14.4. The smallest absolute Gasteiger partial charge is 0.298 e. The van der Waals surface area contributed by atoms with Crippen molar-refractivity contribution in [1.82, 2.24) is 0 Å². The predicted octanol–water partition coefficient (Wildman–Crippen LogP) is 7.23. The molecule has 5 nitrogen and oxygen atoms in total. The van der Waals surface area contributed by atoms with E-state index in [2.05, 4.69) is 6.92 Å². The van der Waals surface area contributed by atoms with Gasteiger partial charge in [-0.25, -0.2) is 0 Å². The summed E-state index contributed by atoms with van der Waals surface area (Å²) in [6.07, 6.45) is 22.9. The van der Waals surface area contributed by atoms with Gasteiger partial charge in [0.25, 0.3) is 10.1 Å². The van der Waals surface area contributed by atoms with Gasteiger partial charge in [-0.1, -0.05) is 103 Å². The number of allylic oxidation sites excluding steroid dienone is 1. The Morgan fingerprint density at radius 2 is 1.20 bits per heavy atom. The van der Waals surface area contributed by atoms with E-state index >= 15 is 0 Å². The van der Waals surface area contributed by atoms with Crippen molar-refractivity contribution >= 4 is 16.2 Å². The molecule has 0 spiro atoms. The fourth-order valence-electron chi connectivity index (χ4n) is 3.58. The van der Waals surface area contributed by atoms with E-state index in [0.717, 1.165) is 25.0 Å². The fraction of sp³-hybridized carbons (Fsp3) is 0.667. The van der Waals surface area contributed by atoms with Crippen LogP contribution in [0.2, 0.25) is 0 Å². The first-order valence-electron chi connectivity index (χ1n) is 11.6. The summed E-state index contributed by atoms with van der Waals surface area (Å²) in [6, 6.07) is 2.00. The number of benzene rings is 1. The van der Waals surface area contributed by atoms with E-state index in [0.29, 0.717) is 5.56 Å². The van der Waals surface area contributed by atoms with Gasteiger partial charge in [0.05, 0.1) is 0 Å². The van der Waals surface area contributed by atoms with Crippen molar-refractivity contribution in [2.24, 2.45) is 0 Å². The summed E-state index contributed by atoms with van der Waals surface area (Å²) in [5.41, 5.74) is 0.324. The van der Waals surface area contributed by atoms with Gasteiger partial charge in [0.2, 0.25) is 0 Å². The molecule has 0 saturated carbocycles. The number of hydrogen-bond donors (Lipinski definition) is 3. The number of aromatic hydroxyl groups is 2. The standard InChI is InChI=1S/C24H40O5S/c1-2-3-4-5-6-7-8-9-10-11-12-13-14-15-16-17-18-21-19-23(26)24(20-22(21)25)30(27,28)29/h17-20,25-26H,2-16H2,1H3,(H,27,28,29)/b18-17+. The maximum atomic E-state index is 11.1. The number of phenolic OH excluding ortho intramolecular Hbond substituents is 2. The lowest BCUT2D eigenvalue weighted by Crippen LogP contribution is -1.98. The number of phenols is 2. The lowest BCUT2D eigenvalue weighted by Gasteiger charge is -2.05. The van der Waals surface area contributed by atoms with Crippen LogP contribution in [0, 0.1) is 0 Å². The van der Waals surface area contributed by atoms with Gasteiger partial charge in [0.1, 0.15) is 16.4 Å². The Labute approximate surface area is 183 Å². The molecule has 0 atom stereocenters. The summed E-state index contributed by atoms with van der Waals surface area (Å²) >= 11 is 0. The number of hydrogen-bond acceptors (Lipinski definition) is 4. The minimum atomic E-state index is -4.56. The van der Waals surface area contributed by atoms with Crippen LogP contribution in [-0.4, -0.2) is 23.2 Å². The van der Waals surface area contributed by atoms with Gasteiger partial charge in [-0.2, -0.15) is 8.42 Å². The molecule has 0 heterocycles. The third-order valence-electron chi connectivity index (χ3n) is 5.41. The van der Waals surface area contributed by atoms with Crippen LogP contribution < -0.4 is 0 Å². The topological polar surface area (TPSA) is 94.8 Å². The van der Waals surface area contributed by atoms with E-state index in [1.807, 2.05) is 6.08 Å². The van der Waals surface area contributed by atoms with Gasteiger partial charge in [-0.05, 0) is 18.9 Å². The highest BCUT2D eigenvalue weighted by atomic mass is 32.2. The third kappa shape index (κ3) is 11.6. The highest BCUT2D eigenvalue weighted by Crippen LogP contribution is 2.31. The molecule has 0 aliphatic rings. The van der Waals surface area contributed by atoms with Crippen LogP contribution in [0.1, 0.15) is 109 Å². The molecule has 0 amide bonds. The van der Waals surface area contributed by atoms with Gasteiger partial charge in [-0.3, -0.25) is 4.55 Å². The van der Waals surface area contributed by atoms with Gasteiger partial charge in [-0.15, -0.1) is 0 Å². The molecule has 0 saturated heterocycles. The van der Waals surface area contributed by atoms with Crippen LogP contribution >= 0.6 is 0 Å². The summed E-state index contributed by atoms with van der Waals surface area (Å²) in [7, 11) is -4.56. The van der Waals surface area contributed by atoms with Crippen molar-refractivity contribution in [3.8, 4) is 11.5 Å². The first kappa shape index (κ1) is 26.5. The Morgan fingerprint density at radius 3 is 1.67 bits per heavy atom. The minimum absolute atomic E-state index is 0.294. The maximum Gasteiger partial charge on any atom is 0.298 e. The molecule has 1 aromatic carbocycles. The highest BCUT2D eigenvalue weighted by molar-refractivity contribution is 7.86. The van der Waals surface area contributed by atoms with Crippen molar-refractivity contribution in [1.29, 1.82) is 0 Å². The Hall–Kier alpha value is -1.53. The quantitative estimate of drug-likeness (QED) is 0.135. The van der Waals surface area contributed by atoms with Crippen molar-refractivity contribution in [2.75, 3.05) is 0 Å². The van der Waals surface area contributed by atoms with Crippen molar-refractivity contribution in [2.45, 2.75) is 108 Å². The fourth-order valence-corrected chi connectivity index (χ4v) is 4.16. The van der Waals surface area contributed by atoms with Crippen molar-refractivity contribution in [3.05, 3.63) is 23.8 Å². The van der Waals surface area contributed by atoms with Crippen LogP contribution in [0.3, 0.4) is 0 Å². The number of rotatable bonds is 17. The van der Waals surface area contributed by atoms with E-state index < -0.39 is 20.8 Å². The second kappa shape index (κ2) is 15.3. The van der Waals surface area contributed by atoms with Crippen LogP contribution in [-0.2, 0) is 10.1 Å². The van der Waals surface area contributed by atoms with Crippen molar-refractivity contribution in [3.63, 3.8) is 0 Å². The average molecular weight is 441 g/mol. The normalized spacial score (nSPS) is 12.1. The van der Waals surface area contributed by atoms with E-state index in [-0.39, 0.29) is 5.75 Å². The molecule has 1 rings (SSSR count). The van der Waals surface area contributed by atoms with Gasteiger partial charge in [0, 0.05) is 11.6 Å². The molecule has 0 radical (unpaired) electrons. The van der Waals surface area contributed by atoms with E-state index in [1.54, 1.807) is 6.08 Å². The van der Waals surface area contributed by atoms with Crippen LogP contribution in [0.4, 0.5) is 0 Å². The summed E-state index contributed by atoms with van der Waals surface area (Å²) in [5, 5.41) is 19.6. The molecule has 0 fully saturated rings. The lowest BCUT2D eigenvalue weighted by atomic mass is 10.0. The third-order valence-corrected chi connectivity index (χ3v) is 6.29. The van der Waals surface area contributed by atoms with Crippen molar-refractivity contribution < 1.29 is 23.2 Å². The molecule has 6 heteroatoms. The molecule has 0 aliphatic heterocycles. The Balaban J connectivity index is 2.07. The molecule has 1 aromatic rings. The lowest BCUT2D eigenvalue weighted by molar-refractivity contribution is 0.432. The molecule has 0 aliphatic carbocycles. The largest absolute Gasteiger partial charge is 0.507 e. The van der Waals surface area contributed by atoms with Crippen LogP contribution in [0.5, 0.6) is 11.5 Å². The average Bonchev–Trinajstić information content (AvgIpc) is 2.69. The summed E-state index contributed by atoms with van der Waals surface area (Å²) in [6.45, 7) is 2.26. The zero-order chi connectivity index (χ0) is 22.2. The molecular weight excluding hydrogens is 400 g/mol. The molecule has 0 bridgehead atoms. The molecule has 0 unspecified atom stereocenters. The summed E-state index contributed by atoms with van der Waals surface area (Å²) in [4.78, 5) is -0.691. The maximum absolute atomic E-state index is 11.1. The van der Waals surface area contributed by atoms with Gasteiger partial charge >= 0.3 is 0 Å². The second-order valence-electron chi connectivity index (χ2n) is 8.14. The van der Waals surface area contributed by atoms with E-state index in [4.69, 9.17) is 4.55 Å². The summed E-state index contributed by atoms with van der Waals surface area (Å²) in [5.74, 6) is -0.871. The molecular formula is C24H40O5S. The SMILES string of the molecule is CCCCCCCCCCCCCCCC/C=C/c1cc(O)c(S(=O)(=O)O)cc1O. The zero-order valence-corrected chi connectivity index (χ0v) is 19.3. The van der Waals surface area contributed by atoms with Crippen LogP contribution in [0.15, 0.2) is 23.1 Å². The minimum Gasteiger partial charge on any atom is -0.507 e. The van der Waals surface area contributed by atoms with E-state index in [1.165, 1.54) is 83.5 Å². The highest BCUT2D eigenvalue weighted by Gasteiger charge is 2.17. The number of unbranched alkanes of at least 4 members (excludes halogenated alkanes) is 14. The molecule has 172 valence electrons. The monoisotopic (exact) mass is 440 g/mol. The Kier molecular flexibility index (Phi) is 13.5. The molecule has 3 N–H and O–H groups in total. The second-order valence-corrected chi connectivity index (χ2v) is 9.53. The Morgan fingerprint density at radius 1 is 0.733 bits per heavy atom. The molecule has 30 heavy (non-hydrogen) atoms.